The van der Waals surface area contributed by atoms with Gasteiger partial charge in [0.1, 0.15) is 6.61 Å². The first-order chi connectivity index (χ1) is 5.27. The molecular weight excluding hydrogens is 146 g/mol. The summed E-state index contributed by atoms with van der Waals surface area (Å²) < 4.78 is 0. The molecule has 1 rings (SSSR count). The number of hydrogen-bond donors (Lipinski definition) is 2. The Balaban J connectivity index is 2.35. The molecule has 1 amide bonds. The van der Waals surface area contributed by atoms with Crippen molar-refractivity contribution in [3.63, 3.8) is 0 Å². The van der Waals surface area contributed by atoms with Crippen molar-refractivity contribution in [3.8, 4) is 0 Å². The zero-order chi connectivity index (χ0) is 8.27. The van der Waals surface area contributed by atoms with Gasteiger partial charge in [-0.2, -0.15) is 0 Å². The Kier molecular flexibility index (Phi) is 2.84. The van der Waals surface area contributed by atoms with Crippen LogP contribution in [0.5, 0.6) is 0 Å². The van der Waals surface area contributed by atoms with Crippen molar-refractivity contribution in [2.24, 2.45) is 5.92 Å². The lowest BCUT2D eigenvalue weighted by Gasteiger charge is -2.13. The lowest BCUT2D eigenvalue weighted by molar-refractivity contribution is -0.133. The molecule has 0 aliphatic carbocycles. The lowest BCUT2D eigenvalue weighted by atomic mass is 10.1. The van der Waals surface area contributed by atoms with Crippen LogP contribution in [0, 0.1) is 5.92 Å². The molecule has 0 bridgehead atoms. The zero-order valence-corrected chi connectivity index (χ0v) is 6.36. The molecule has 11 heavy (non-hydrogen) atoms. The molecule has 1 fully saturated rings. The van der Waals surface area contributed by atoms with Crippen LogP contribution in [0.1, 0.15) is 6.42 Å². The molecule has 1 heterocycles. The summed E-state index contributed by atoms with van der Waals surface area (Å²) in [6, 6.07) is 0. The molecule has 0 radical (unpaired) electrons. The van der Waals surface area contributed by atoms with E-state index in [4.69, 9.17) is 10.2 Å². The average molecular weight is 159 g/mol. The summed E-state index contributed by atoms with van der Waals surface area (Å²) >= 11 is 0. The average Bonchev–Trinajstić information content (AvgIpc) is 2.50. The minimum absolute atomic E-state index is 0.134. The molecule has 1 saturated heterocycles. The maximum atomic E-state index is 10.9. The second-order valence-electron chi connectivity index (χ2n) is 2.84. The van der Waals surface area contributed by atoms with Crippen molar-refractivity contribution >= 4 is 5.91 Å². The third-order valence-corrected chi connectivity index (χ3v) is 2.03. The van der Waals surface area contributed by atoms with Crippen LogP contribution in [0.4, 0.5) is 0 Å². The highest BCUT2D eigenvalue weighted by Crippen LogP contribution is 2.14. The molecule has 2 N–H and O–H groups in total. The van der Waals surface area contributed by atoms with E-state index < -0.39 is 6.61 Å². The van der Waals surface area contributed by atoms with Crippen molar-refractivity contribution in [3.05, 3.63) is 0 Å². The standard InChI is InChI=1S/C7H13NO3/c9-4-6-1-2-8(3-6)7(11)5-10/h6,9-10H,1-5H2. The third kappa shape index (κ3) is 1.91. The molecule has 0 aromatic heterocycles. The molecule has 64 valence electrons. The molecule has 4 nitrogen and oxygen atoms in total. The van der Waals surface area contributed by atoms with Gasteiger partial charge >= 0.3 is 0 Å². The van der Waals surface area contributed by atoms with Gasteiger partial charge in [-0.25, -0.2) is 0 Å². The number of likely N-dealkylation sites (tertiary alicyclic amines) is 1. The predicted octanol–water partition coefficient (Wildman–Crippen LogP) is -1.18. The summed E-state index contributed by atoms with van der Waals surface area (Å²) in [6.45, 7) is 0.980. The number of amides is 1. The van der Waals surface area contributed by atoms with Gasteiger partial charge in [0.15, 0.2) is 0 Å². The number of carbonyl (C=O) groups excluding carboxylic acids is 1. The summed E-state index contributed by atoms with van der Waals surface area (Å²) in [5.74, 6) is -0.0218. The van der Waals surface area contributed by atoms with Crippen LogP contribution in [0.15, 0.2) is 0 Å². The number of hydrogen-bond acceptors (Lipinski definition) is 3. The Morgan fingerprint density at radius 3 is 2.73 bits per heavy atom. The van der Waals surface area contributed by atoms with Crippen molar-refractivity contribution in [1.82, 2.24) is 4.90 Å². The van der Waals surface area contributed by atoms with E-state index in [0.717, 1.165) is 6.42 Å². The zero-order valence-electron chi connectivity index (χ0n) is 6.36. The Morgan fingerprint density at radius 1 is 1.55 bits per heavy atom. The van der Waals surface area contributed by atoms with Crippen molar-refractivity contribution in [1.29, 1.82) is 0 Å². The first-order valence-electron chi connectivity index (χ1n) is 3.77. The Labute approximate surface area is 65.4 Å². The molecular formula is C7H13NO3. The predicted molar refractivity (Wildman–Crippen MR) is 38.9 cm³/mol. The van der Waals surface area contributed by atoms with E-state index in [-0.39, 0.29) is 18.4 Å². The van der Waals surface area contributed by atoms with E-state index in [0.29, 0.717) is 13.1 Å². The van der Waals surface area contributed by atoms with E-state index >= 15 is 0 Å². The highest BCUT2D eigenvalue weighted by atomic mass is 16.3. The summed E-state index contributed by atoms with van der Waals surface area (Å²) in [4.78, 5) is 12.5. The highest BCUT2D eigenvalue weighted by molar-refractivity contribution is 5.77. The maximum Gasteiger partial charge on any atom is 0.248 e. The number of aliphatic hydroxyl groups is 2. The smallest absolute Gasteiger partial charge is 0.248 e. The molecule has 1 aliphatic rings. The van der Waals surface area contributed by atoms with Crippen LogP contribution in [0.25, 0.3) is 0 Å². The van der Waals surface area contributed by atoms with E-state index in [2.05, 4.69) is 0 Å². The minimum Gasteiger partial charge on any atom is -0.396 e. The molecule has 0 aromatic carbocycles. The van der Waals surface area contributed by atoms with Crippen LogP contribution in [0.2, 0.25) is 0 Å². The molecule has 1 aliphatic heterocycles. The molecule has 1 atom stereocenters. The van der Waals surface area contributed by atoms with Gasteiger partial charge in [0.05, 0.1) is 0 Å². The summed E-state index contributed by atoms with van der Waals surface area (Å²) in [5, 5.41) is 17.2. The monoisotopic (exact) mass is 159 g/mol. The fraction of sp³-hybridized carbons (Fsp3) is 0.857. The number of nitrogens with zero attached hydrogens (tertiary/aromatic N) is 1. The van der Waals surface area contributed by atoms with Crippen molar-refractivity contribution in [2.75, 3.05) is 26.3 Å². The van der Waals surface area contributed by atoms with Gasteiger partial charge in [-0.05, 0) is 6.42 Å². The van der Waals surface area contributed by atoms with Gasteiger partial charge in [0, 0.05) is 25.6 Å². The van der Waals surface area contributed by atoms with Gasteiger partial charge in [-0.3, -0.25) is 4.79 Å². The fourth-order valence-electron chi connectivity index (χ4n) is 1.31. The van der Waals surface area contributed by atoms with Crippen LogP contribution >= 0.6 is 0 Å². The van der Waals surface area contributed by atoms with Crippen LogP contribution in [-0.2, 0) is 4.79 Å². The number of rotatable bonds is 2. The summed E-state index contributed by atoms with van der Waals surface area (Å²) in [6.07, 6.45) is 0.849. The second-order valence-corrected chi connectivity index (χ2v) is 2.84. The van der Waals surface area contributed by atoms with Crippen LogP contribution in [0.3, 0.4) is 0 Å². The van der Waals surface area contributed by atoms with Crippen molar-refractivity contribution < 1.29 is 15.0 Å². The third-order valence-electron chi connectivity index (χ3n) is 2.03. The van der Waals surface area contributed by atoms with Gasteiger partial charge in [0.2, 0.25) is 5.91 Å². The van der Waals surface area contributed by atoms with E-state index in [9.17, 15) is 4.79 Å². The first-order valence-corrected chi connectivity index (χ1v) is 3.77. The molecule has 0 spiro atoms. The normalized spacial score (nSPS) is 24.2. The first kappa shape index (κ1) is 8.49. The van der Waals surface area contributed by atoms with Gasteiger partial charge in [-0.15, -0.1) is 0 Å². The maximum absolute atomic E-state index is 10.9. The second kappa shape index (κ2) is 3.69. The SMILES string of the molecule is O=C(CO)N1CCC(CO)C1. The lowest BCUT2D eigenvalue weighted by Crippen LogP contribution is -2.31. The van der Waals surface area contributed by atoms with Crippen LogP contribution < -0.4 is 0 Å². The number of aliphatic hydroxyl groups excluding tert-OH is 2. The summed E-state index contributed by atoms with van der Waals surface area (Å²) in [7, 11) is 0. The Morgan fingerprint density at radius 2 is 2.27 bits per heavy atom. The van der Waals surface area contributed by atoms with Crippen LogP contribution in [-0.4, -0.2) is 47.3 Å². The topological polar surface area (TPSA) is 60.8 Å². The number of carbonyl (C=O) groups is 1. The Hall–Kier alpha value is -0.610. The highest BCUT2D eigenvalue weighted by Gasteiger charge is 2.24. The van der Waals surface area contributed by atoms with Gasteiger partial charge < -0.3 is 15.1 Å². The fourth-order valence-corrected chi connectivity index (χ4v) is 1.31. The summed E-state index contributed by atoms with van der Waals surface area (Å²) in [5.41, 5.74) is 0. The quantitative estimate of drug-likeness (QED) is 0.533. The largest absolute Gasteiger partial charge is 0.396 e. The van der Waals surface area contributed by atoms with Gasteiger partial charge in [-0.1, -0.05) is 0 Å². The van der Waals surface area contributed by atoms with E-state index in [1.165, 1.54) is 0 Å². The van der Waals surface area contributed by atoms with E-state index in [1.807, 2.05) is 0 Å². The minimum atomic E-state index is -0.419. The Bertz CT molecular complexity index is 149. The van der Waals surface area contributed by atoms with Crippen molar-refractivity contribution in [2.45, 2.75) is 6.42 Å². The van der Waals surface area contributed by atoms with E-state index in [1.54, 1.807) is 4.90 Å². The van der Waals surface area contributed by atoms with Gasteiger partial charge in [0.25, 0.3) is 0 Å². The molecule has 0 saturated carbocycles. The molecule has 1 unspecified atom stereocenters. The molecule has 0 aromatic rings. The molecule has 4 heteroatoms.